The van der Waals surface area contributed by atoms with Gasteiger partial charge >= 0.3 is 5.97 Å². The van der Waals surface area contributed by atoms with Crippen molar-refractivity contribution >= 4 is 5.97 Å². The molecular weight excluding hydrogens is 300 g/mol. The standard InChI is InChI=1S/C21H32O3/c1-5-7-8-9-10-11-12-14-18-19(23-17(3)4)15-13-16-20(18)24-21(22)6-2/h6,13,15-17H,2,5,7-12,14H2,1,3-4H3. The Kier molecular flexibility index (Phi) is 9.90. The van der Waals surface area contributed by atoms with E-state index in [0.29, 0.717) is 5.75 Å². The zero-order valence-electron chi connectivity index (χ0n) is 15.5. The second kappa shape index (κ2) is 11.7. The number of hydrogen-bond acceptors (Lipinski definition) is 3. The minimum Gasteiger partial charge on any atom is -0.491 e. The minimum atomic E-state index is -0.433. The first-order valence-corrected chi connectivity index (χ1v) is 9.21. The SMILES string of the molecule is C=CC(=O)Oc1cccc(OC(C)C)c1CCCCCCCCC. The molecule has 0 fully saturated rings. The van der Waals surface area contributed by atoms with Crippen molar-refractivity contribution in [3.05, 3.63) is 36.4 Å². The Hall–Kier alpha value is -1.77. The van der Waals surface area contributed by atoms with Crippen LogP contribution < -0.4 is 9.47 Å². The zero-order chi connectivity index (χ0) is 17.8. The Morgan fingerprint density at radius 1 is 1.08 bits per heavy atom. The minimum absolute atomic E-state index is 0.0862. The summed E-state index contributed by atoms with van der Waals surface area (Å²) in [5, 5.41) is 0. The molecule has 0 aromatic heterocycles. The predicted molar refractivity (Wildman–Crippen MR) is 99.7 cm³/mol. The zero-order valence-corrected chi connectivity index (χ0v) is 15.5. The van der Waals surface area contributed by atoms with Gasteiger partial charge in [0.05, 0.1) is 6.10 Å². The van der Waals surface area contributed by atoms with E-state index in [9.17, 15) is 4.79 Å². The molecule has 3 heteroatoms. The largest absolute Gasteiger partial charge is 0.491 e. The van der Waals surface area contributed by atoms with Gasteiger partial charge in [-0.05, 0) is 38.8 Å². The molecule has 0 unspecified atom stereocenters. The van der Waals surface area contributed by atoms with Gasteiger partial charge in [-0.15, -0.1) is 0 Å². The van der Waals surface area contributed by atoms with E-state index in [2.05, 4.69) is 13.5 Å². The fourth-order valence-corrected chi connectivity index (χ4v) is 2.66. The first-order valence-electron chi connectivity index (χ1n) is 9.21. The maximum atomic E-state index is 11.6. The molecule has 3 nitrogen and oxygen atoms in total. The summed E-state index contributed by atoms with van der Waals surface area (Å²) in [5.74, 6) is 0.965. The smallest absolute Gasteiger partial charge is 0.335 e. The van der Waals surface area contributed by atoms with Crippen molar-refractivity contribution in [2.24, 2.45) is 0 Å². The fourth-order valence-electron chi connectivity index (χ4n) is 2.66. The van der Waals surface area contributed by atoms with Gasteiger partial charge in [0.2, 0.25) is 0 Å². The Bertz CT molecular complexity index is 506. The van der Waals surface area contributed by atoms with E-state index < -0.39 is 5.97 Å². The molecule has 0 saturated carbocycles. The molecule has 0 aliphatic carbocycles. The van der Waals surface area contributed by atoms with Gasteiger partial charge < -0.3 is 9.47 Å². The lowest BCUT2D eigenvalue weighted by molar-refractivity contribution is -0.129. The summed E-state index contributed by atoms with van der Waals surface area (Å²) in [7, 11) is 0. The van der Waals surface area contributed by atoms with Crippen LogP contribution in [0.25, 0.3) is 0 Å². The highest BCUT2D eigenvalue weighted by Crippen LogP contribution is 2.31. The summed E-state index contributed by atoms with van der Waals surface area (Å²) in [5.41, 5.74) is 0.981. The van der Waals surface area contributed by atoms with Gasteiger partial charge in [0, 0.05) is 11.6 Å². The molecule has 134 valence electrons. The van der Waals surface area contributed by atoms with E-state index in [0.717, 1.165) is 24.2 Å². The van der Waals surface area contributed by atoms with Crippen molar-refractivity contribution in [1.29, 1.82) is 0 Å². The summed E-state index contributed by atoms with van der Waals surface area (Å²) in [6.45, 7) is 9.70. The molecule has 0 atom stereocenters. The van der Waals surface area contributed by atoms with Crippen LogP contribution in [0.4, 0.5) is 0 Å². The number of hydrogen-bond donors (Lipinski definition) is 0. The van der Waals surface area contributed by atoms with Crippen LogP contribution >= 0.6 is 0 Å². The van der Waals surface area contributed by atoms with E-state index in [4.69, 9.17) is 9.47 Å². The van der Waals surface area contributed by atoms with Crippen LogP contribution in [-0.4, -0.2) is 12.1 Å². The van der Waals surface area contributed by atoms with Gasteiger partial charge in [-0.1, -0.05) is 58.1 Å². The van der Waals surface area contributed by atoms with Crippen LogP contribution in [-0.2, 0) is 11.2 Å². The van der Waals surface area contributed by atoms with E-state index >= 15 is 0 Å². The molecule has 1 aromatic rings. The molecule has 0 saturated heterocycles. The number of carbonyl (C=O) groups excluding carboxylic acids is 1. The van der Waals surface area contributed by atoms with Gasteiger partial charge in [-0.25, -0.2) is 4.79 Å². The third kappa shape index (κ3) is 7.67. The number of esters is 1. The van der Waals surface area contributed by atoms with Gasteiger partial charge in [0.1, 0.15) is 11.5 Å². The molecule has 1 aromatic carbocycles. The monoisotopic (exact) mass is 332 g/mol. The molecular formula is C21H32O3. The molecule has 0 aliphatic heterocycles. The van der Waals surface area contributed by atoms with Crippen molar-refractivity contribution < 1.29 is 14.3 Å². The lowest BCUT2D eigenvalue weighted by Gasteiger charge is -2.17. The van der Waals surface area contributed by atoms with Crippen LogP contribution in [0.5, 0.6) is 11.5 Å². The Labute approximate surface area is 147 Å². The topological polar surface area (TPSA) is 35.5 Å². The maximum Gasteiger partial charge on any atom is 0.335 e. The number of carbonyl (C=O) groups is 1. The summed E-state index contributed by atoms with van der Waals surface area (Å²) in [6.07, 6.45) is 10.9. The average molecular weight is 332 g/mol. The van der Waals surface area contributed by atoms with Gasteiger partial charge in [-0.3, -0.25) is 0 Å². The van der Waals surface area contributed by atoms with Crippen LogP contribution in [0.1, 0.15) is 71.3 Å². The van der Waals surface area contributed by atoms with E-state index in [1.807, 2.05) is 32.0 Å². The van der Waals surface area contributed by atoms with Crippen molar-refractivity contribution in [2.75, 3.05) is 0 Å². The van der Waals surface area contributed by atoms with Crippen LogP contribution in [0.3, 0.4) is 0 Å². The Balaban J connectivity index is 2.68. The molecule has 0 bridgehead atoms. The molecule has 0 amide bonds. The predicted octanol–water partition coefficient (Wildman–Crippen LogP) is 5.86. The second-order valence-corrected chi connectivity index (χ2v) is 6.40. The highest BCUT2D eigenvalue weighted by molar-refractivity contribution is 5.83. The summed E-state index contributed by atoms with van der Waals surface area (Å²) < 4.78 is 11.3. The van der Waals surface area contributed by atoms with Crippen LogP contribution in [0.2, 0.25) is 0 Å². The molecule has 0 aliphatic rings. The first-order chi connectivity index (χ1) is 11.6. The maximum absolute atomic E-state index is 11.6. The van der Waals surface area contributed by atoms with E-state index in [-0.39, 0.29) is 6.10 Å². The molecule has 0 spiro atoms. The lowest BCUT2D eigenvalue weighted by Crippen LogP contribution is -2.10. The highest BCUT2D eigenvalue weighted by Gasteiger charge is 2.13. The number of benzene rings is 1. The second-order valence-electron chi connectivity index (χ2n) is 6.40. The normalized spacial score (nSPS) is 10.7. The number of rotatable bonds is 12. The summed E-state index contributed by atoms with van der Waals surface area (Å²) in [4.78, 5) is 11.6. The molecule has 0 radical (unpaired) electrons. The highest BCUT2D eigenvalue weighted by atomic mass is 16.5. The third-order valence-corrected chi connectivity index (χ3v) is 3.86. The van der Waals surface area contributed by atoms with Crippen LogP contribution in [0, 0.1) is 0 Å². The van der Waals surface area contributed by atoms with Gasteiger partial charge in [-0.2, -0.15) is 0 Å². The van der Waals surface area contributed by atoms with Crippen molar-refractivity contribution in [3.8, 4) is 11.5 Å². The van der Waals surface area contributed by atoms with Gasteiger partial charge in [0.25, 0.3) is 0 Å². The van der Waals surface area contributed by atoms with Crippen molar-refractivity contribution in [3.63, 3.8) is 0 Å². The fraction of sp³-hybridized carbons (Fsp3) is 0.571. The van der Waals surface area contributed by atoms with Crippen molar-refractivity contribution in [2.45, 2.75) is 78.2 Å². The Morgan fingerprint density at radius 3 is 2.33 bits per heavy atom. The van der Waals surface area contributed by atoms with Gasteiger partial charge in [0.15, 0.2) is 0 Å². The average Bonchev–Trinajstić information content (AvgIpc) is 2.55. The van der Waals surface area contributed by atoms with E-state index in [1.165, 1.54) is 44.6 Å². The third-order valence-electron chi connectivity index (χ3n) is 3.86. The molecule has 0 N–H and O–H groups in total. The molecule has 24 heavy (non-hydrogen) atoms. The summed E-state index contributed by atoms with van der Waals surface area (Å²) >= 11 is 0. The van der Waals surface area contributed by atoms with E-state index in [1.54, 1.807) is 0 Å². The van der Waals surface area contributed by atoms with Crippen molar-refractivity contribution in [1.82, 2.24) is 0 Å². The summed E-state index contributed by atoms with van der Waals surface area (Å²) in [6, 6.07) is 5.63. The number of unbranched alkanes of at least 4 members (excludes halogenated alkanes) is 6. The Morgan fingerprint density at radius 2 is 1.71 bits per heavy atom. The molecule has 0 heterocycles. The quantitative estimate of drug-likeness (QED) is 0.208. The molecule has 1 rings (SSSR count). The lowest BCUT2D eigenvalue weighted by atomic mass is 10.0. The number of ether oxygens (including phenoxy) is 2. The first kappa shape index (κ1) is 20.3. The van der Waals surface area contributed by atoms with Crippen LogP contribution in [0.15, 0.2) is 30.9 Å².